The van der Waals surface area contributed by atoms with Crippen LogP contribution in [0.4, 0.5) is 0 Å². The first kappa shape index (κ1) is 15.7. The van der Waals surface area contributed by atoms with Crippen LogP contribution in [0, 0.1) is 6.92 Å². The monoisotopic (exact) mass is 373 g/mol. The van der Waals surface area contributed by atoms with Crippen molar-refractivity contribution in [1.29, 1.82) is 0 Å². The molecule has 112 valence electrons. The number of furan rings is 1. The quantitative estimate of drug-likeness (QED) is 0.839. The molecule has 2 rings (SSSR count). The maximum atomic E-state index is 12.1. The molecule has 0 aliphatic rings. The minimum atomic E-state index is -3.87. The number of carbonyl (C=O) groups is 1. The lowest BCUT2D eigenvalue weighted by Gasteiger charge is -2.05. The summed E-state index contributed by atoms with van der Waals surface area (Å²) in [6.45, 7) is 2.03. The molecular weight excluding hydrogens is 362 g/mol. The predicted octanol–water partition coefficient (Wildman–Crippen LogP) is 2.53. The predicted molar refractivity (Wildman–Crippen MR) is 78.6 cm³/mol. The van der Waals surface area contributed by atoms with Crippen LogP contribution in [0.3, 0.4) is 0 Å². The van der Waals surface area contributed by atoms with Crippen LogP contribution in [0.5, 0.6) is 0 Å². The van der Waals surface area contributed by atoms with Crippen molar-refractivity contribution in [3.05, 3.63) is 51.9 Å². The Hall–Kier alpha value is -1.64. The molecule has 0 atom stereocenters. The lowest BCUT2D eigenvalue weighted by molar-refractivity contribution is 0.0661. The molecule has 0 spiro atoms. The van der Waals surface area contributed by atoms with Gasteiger partial charge in [0.25, 0.3) is 0 Å². The van der Waals surface area contributed by atoms with Gasteiger partial charge in [0.1, 0.15) is 4.90 Å². The van der Waals surface area contributed by atoms with Gasteiger partial charge in [0.2, 0.25) is 15.8 Å². The average molecular weight is 374 g/mol. The first-order chi connectivity index (χ1) is 9.79. The Kier molecular flexibility index (Phi) is 4.50. The van der Waals surface area contributed by atoms with Gasteiger partial charge in [-0.15, -0.1) is 0 Å². The number of aromatic carboxylic acids is 1. The van der Waals surface area contributed by atoms with Gasteiger partial charge in [-0.3, -0.25) is 0 Å². The third-order valence-electron chi connectivity index (χ3n) is 2.74. The molecule has 0 radical (unpaired) electrons. The number of nitrogens with one attached hydrogen (secondary N) is 1. The number of rotatable bonds is 5. The van der Waals surface area contributed by atoms with Crippen LogP contribution in [0.1, 0.15) is 21.7 Å². The van der Waals surface area contributed by atoms with Crippen LogP contribution in [-0.2, 0) is 16.6 Å². The number of aryl methyl sites for hydroxylation is 1. The minimum absolute atomic E-state index is 0.0998. The van der Waals surface area contributed by atoms with E-state index in [0.29, 0.717) is 0 Å². The highest BCUT2D eigenvalue weighted by Gasteiger charge is 2.24. The molecule has 0 aliphatic carbocycles. The zero-order valence-electron chi connectivity index (χ0n) is 11.0. The fraction of sp³-hybridized carbons (Fsp3) is 0.154. The number of sulfonamides is 1. The summed E-state index contributed by atoms with van der Waals surface area (Å²) in [7, 11) is -3.87. The maximum Gasteiger partial charge on any atom is 0.371 e. The highest BCUT2D eigenvalue weighted by Crippen LogP contribution is 2.26. The average Bonchev–Trinajstić information content (AvgIpc) is 2.81. The van der Waals surface area contributed by atoms with Gasteiger partial charge in [0.15, 0.2) is 4.67 Å². The third kappa shape index (κ3) is 3.72. The van der Waals surface area contributed by atoms with E-state index in [1.165, 1.54) is 0 Å². The zero-order chi connectivity index (χ0) is 15.6. The Morgan fingerprint density at radius 3 is 2.48 bits per heavy atom. The second kappa shape index (κ2) is 6.00. The summed E-state index contributed by atoms with van der Waals surface area (Å²) >= 11 is 2.91. The minimum Gasteiger partial charge on any atom is -0.475 e. The van der Waals surface area contributed by atoms with Crippen LogP contribution in [0.15, 0.2) is 44.3 Å². The molecule has 0 saturated carbocycles. The number of carboxylic acid groups (broad SMARTS) is 1. The van der Waals surface area contributed by atoms with Crippen LogP contribution in [-0.4, -0.2) is 19.5 Å². The fourth-order valence-electron chi connectivity index (χ4n) is 1.60. The maximum absolute atomic E-state index is 12.1. The van der Waals surface area contributed by atoms with Gasteiger partial charge >= 0.3 is 5.97 Å². The van der Waals surface area contributed by atoms with E-state index in [0.717, 1.165) is 17.2 Å². The molecule has 0 fully saturated rings. The van der Waals surface area contributed by atoms with Gasteiger partial charge < -0.3 is 9.52 Å². The number of halogens is 1. The van der Waals surface area contributed by atoms with Crippen molar-refractivity contribution in [2.45, 2.75) is 18.4 Å². The molecule has 8 heteroatoms. The molecule has 0 bridgehead atoms. The van der Waals surface area contributed by atoms with Crippen molar-refractivity contribution in [3.63, 3.8) is 0 Å². The SMILES string of the molecule is Cc1ccc(CNS(=O)(=O)c2cc(C(=O)O)oc2Br)cc1. The number of benzene rings is 1. The van der Waals surface area contributed by atoms with Crippen LogP contribution >= 0.6 is 15.9 Å². The fourth-order valence-corrected chi connectivity index (χ4v) is 3.56. The highest BCUT2D eigenvalue weighted by molar-refractivity contribution is 9.10. The first-order valence-electron chi connectivity index (χ1n) is 5.87. The van der Waals surface area contributed by atoms with Gasteiger partial charge in [-0.05, 0) is 28.4 Å². The van der Waals surface area contributed by atoms with E-state index in [9.17, 15) is 13.2 Å². The number of carboxylic acids is 1. The summed E-state index contributed by atoms with van der Waals surface area (Å²) in [5.41, 5.74) is 1.87. The smallest absolute Gasteiger partial charge is 0.371 e. The van der Waals surface area contributed by atoms with Gasteiger partial charge in [-0.2, -0.15) is 0 Å². The molecule has 0 unspecified atom stereocenters. The lowest BCUT2D eigenvalue weighted by Crippen LogP contribution is -2.23. The third-order valence-corrected chi connectivity index (χ3v) is 5.00. The van der Waals surface area contributed by atoms with Crippen LogP contribution < -0.4 is 4.72 Å². The van der Waals surface area contributed by atoms with Crippen molar-refractivity contribution >= 4 is 31.9 Å². The normalized spacial score (nSPS) is 11.5. The largest absolute Gasteiger partial charge is 0.475 e. The van der Waals surface area contributed by atoms with Crippen molar-refractivity contribution in [2.24, 2.45) is 0 Å². The molecule has 0 aliphatic heterocycles. The van der Waals surface area contributed by atoms with Crippen LogP contribution in [0.2, 0.25) is 0 Å². The Bertz CT molecular complexity index is 764. The second-order valence-electron chi connectivity index (χ2n) is 4.36. The van der Waals surface area contributed by atoms with Crippen molar-refractivity contribution in [3.8, 4) is 0 Å². The number of hydrogen-bond donors (Lipinski definition) is 2. The van der Waals surface area contributed by atoms with E-state index in [2.05, 4.69) is 20.7 Å². The van der Waals surface area contributed by atoms with Gasteiger partial charge in [0, 0.05) is 12.6 Å². The van der Waals surface area contributed by atoms with E-state index < -0.39 is 21.8 Å². The van der Waals surface area contributed by atoms with Crippen molar-refractivity contribution in [1.82, 2.24) is 4.72 Å². The Labute approximate surface area is 130 Å². The molecule has 0 saturated heterocycles. The van der Waals surface area contributed by atoms with Crippen molar-refractivity contribution < 1.29 is 22.7 Å². The summed E-state index contributed by atoms with van der Waals surface area (Å²) in [5.74, 6) is -1.78. The van der Waals surface area contributed by atoms with Crippen LogP contribution in [0.25, 0.3) is 0 Å². The topological polar surface area (TPSA) is 96.6 Å². The van der Waals surface area contributed by atoms with E-state index >= 15 is 0 Å². The van der Waals surface area contributed by atoms with Gasteiger partial charge in [-0.1, -0.05) is 29.8 Å². The molecule has 1 aromatic heterocycles. The molecule has 21 heavy (non-hydrogen) atoms. The van der Waals surface area contributed by atoms with Gasteiger partial charge in [0.05, 0.1) is 0 Å². The Balaban J connectivity index is 2.18. The van der Waals surface area contributed by atoms with E-state index in [4.69, 9.17) is 9.52 Å². The molecule has 2 aromatic rings. The highest BCUT2D eigenvalue weighted by atomic mass is 79.9. The summed E-state index contributed by atoms with van der Waals surface area (Å²) in [6.07, 6.45) is 0. The summed E-state index contributed by atoms with van der Waals surface area (Å²) in [5, 5.41) is 8.79. The van der Waals surface area contributed by atoms with E-state index in [1.807, 2.05) is 31.2 Å². The molecule has 1 heterocycles. The molecule has 6 nitrogen and oxygen atoms in total. The molecule has 1 aromatic carbocycles. The zero-order valence-corrected chi connectivity index (χ0v) is 13.4. The summed E-state index contributed by atoms with van der Waals surface area (Å²) in [6, 6.07) is 8.33. The molecule has 0 amide bonds. The first-order valence-corrected chi connectivity index (χ1v) is 8.15. The second-order valence-corrected chi connectivity index (χ2v) is 6.82. The lowest BCUT2D eigenvalue weighted by atomic mass is 10.2. The van der Waals surface area contributed by atoms with E-state index in [-0.39, 0.29) is 16.1 Å². The summed E-state index contributed by atoms with van der Waals surface area (Å²) < 4.78 is 31.3. The number of hydrogen-bond acceptors (Lipinski definition) is 4. The Morgan fingerprint density at radius 1 is 1.33 bits per heavy atom. The van der Waals surface area contributed by atoms with E-state index in [1.54, 1.807) is 0 Å². The van der Waals surface area contributed by atoms with Gasteiger partial charge in [-0.25, -0.2) is 17.9 Å². The standard InChI is InChI=1S/C13H12BrNO5S/c1-8-2-4-9(5-3-8)7-15-21(18,19)11-6-10(13(16)17)20-12(11)14/h2-6,15H,7H2,1H3,(H,16,17). The molecular formula is C13H12BrNO5S. The molecule has 2 N–H and O–H groups in total. The Morgan fingerprint density at radius 2 is 1.95 bits per heavy atom. The summed E-state index contributed by atoms with van der Waals surface area (Å²) in [4.78, 5) is 10.5. The van der Waals surface area contributed by atoms with Crippen molar-refractivity contribution in [2.75, 3.05) is 0 Å².